The zero-order chi connectivity index (χ0) is 13.7. The fraction of sp³-hybridized carbons (Fsp3) is 0.438. The molecule has 0 amide bonds. The predicted octanol–water partition coefficient (Wildman–Crippen LogP) is 3.49. The quantitative estimate of drug-likeness (QED) is 0.876. The molecule has 1 atom stereocenters. The van der Waals surface area contributed by atoms with Crippen molar-refractivity contribution in [1.29, 1.82) is 0 Å². The highest BCUT2D eigenvalue weighted by molar-refractivity contribution is 7.99. The highest BCUT2D eigenvalue weighted by Crippen LogP contribution is 2.18. The van der Waals surface area contributed by atoms with Gasteiger partial charge in [-0.2, -0.15) is 11.8 Å². The van der Waals surface area contributed by atoms with Crippen LogP contribution in [0.1, 0.15) is 19.4 Å². The van der Waals surface area contributed by atoms with Crippen molar-refractivity contribution in [2.24, 2.45) is 11.7 Å². The molecule has 0 aliphatic rings. The van der Waals surface area contributed by atoms with E-state index < -0.39 is 0 Å². The third-order valence-corrected chi connectivity index (χ3v) is 4.57. The smallest absolute Gasteiger partial charge is 0.0704 e. The lowest BCUT2D eigenvalue weighted by molar-refractivity contribution is 0.733. The highest BCUT2D eigenvalue weighted by atomic mass is 32.2. The molecule has 0 saturated carbocycles. The molecule has 0 radical (unpaired) electrons. The van der Waals surface area contributed by atoms with Crippen LogP contribution in [0.4, 0.5) is 0 Å². The standard InChI is InChI=1S/C16H22N2S/c1-12(2)10-19-11-14(17)9-13-7-8-18-16-6-4-3-5-15(13)16/h3-8,12,14H,9-11,17H2,1-2H3. The topological polar surface area (TPSA) is 38.9 Å². The van der Waals surface area contributed by atoms with E-state index in [9.17, 15) is 0 Å². The number of aromatic nitrogens is 1. The van der Waals surface area contributed by atoms with Gasteiger partial charge < -0.3 is 5.73 Å². The molecule has 0 spiro atoms. The second-order valence-electron chi connectivity index (χ2n) is 5.38. The molecule has 0 fully saturated rings. The van der Waals surface area contributed by atoms with Gasteiger partial charge in [-0.3, -0.25) is 4.98 Å². The van der Waals surface area contributed by atoms with E-state index in [-0.39, 0.29) is 6.04 Å². The lowest BCUT2D eigenvalue weighted by Gasteiger charge is -2.13. The Morgan fingerprint density at radius 2 is 1.95 bits per heavy atom. The Morgan fingerprint density at radius 1 is 1.16 bits per heavy atom. The Balaban J connectivity index is 2.00. The molecule has 2 aromatic rings. The van der Waals surface area contributed by atoms with Crippen LogP contribution in [0.25, 0.3) is 10.9 Å². The van der Waals surface area contributed by atoms with Crippen LogP contribution >= 0.6 is 11.8 Å². The Morgan fingerprint density at radius 3 is 2.74 bits per heavy atom. The summed E-state index contributed by atoms with van der Waals surface area (Å²) in [5, 5.41) is 1.23. The van der Waals surface area contributed by atoms with Crippen LogP contribution in [-0.4, -0.2) is 22.5 Å². The van der Waals surface area contributed by atoms with Crippen LogP contribution in [0.3, 0.4) is 0 Å². The zero-order valence-corrected chi connectivity index (χ0v) is 12.5. The van der Waals surface area contributed by atoms with Gasteiger partial charge in [0.2, 0.25) is 0 Å². The molecule has 0 aliphatic heterocycles. The zero-order valence-electron chi connectivity index (χ0n) is 11.7. The maximum Gasteiger partial charge on any atom is 0.0704 e. The van der Waals surface area contributed by atoms with Crippen molar-refractivity contribution >= 4 is 22.7 Å². The summed E-state index contributed by atoms with van der Waals surface area (Å²) in [5.74, 6) is 2.94. The lowest BCUT2D eigenvalue weighted by atomic mass is 10.0. The largest absolute Gasteiger partial charge is 0.327 e. The van der Waals surface area contributed by atoms with Crippen molar-refractivity contribution in [3.63, 3.8) is 0 Å². The number of benzene rings is 1. The van der Waals surface area contributed by atoms with Crippen molar-refractivity contribution in [2.45, 2.75) is 26.3 Å². The first-order valence-corrected chi connectivity index (χ1v) is 7.98. The highest BCUT2D eigenvalue weighted by Gasteiger charge is 2.08. The summed E-state index contributed by atoms with van der Waals surface area (Å²) in [7, 11) is 0. The summed E-state index contributed by atoms with van der Waals surface area (Å²) in [6.45, 7) is 4.49. The third-order valence-electron chi connectivity index (χ3n) is 3.00. The van der Waals surface area contributed by atoms with E-state index in [1.165, 1.54) is 16.7 Å². The van der Waals surface area contributed by atoms with Crippen molar-refractivity contribution in [3.8, 4) is 0 Å². The second kappa shape index (κ2) is 6.92. The fourth-order valence-corrected chi connectivity index (χ4v) is 3.16. The minimum atomic E-state index is 0.217. The summed E-state index contributed by atoms with van der Waals surface area (Å²) in [4.78, 5) is 4.39. The van der Waals surface area contributed by atoms with Gasteiger partial charge in [-0.1, -0.05) is 32.0 Å². The number of para-hydroxylation sites is 1. The van der Waals surface area contributed by atoms with Crippen LogP contribution in [0.15, 0.2) is 36.5 Å². The van der Waals surface area contributed by atoms with Gasteiger partial charge in [0, 0.05) is 23.4 Å². The minimum absolute atomic E-state index is 0.217. The third kappa shape index (κ3) is 4.22. The van der Waals surface area contributed by atoms with Gasteiger partial charge in [-0.05, 0) is 35.8 Å². The molecule has 0 bridgehead atoms. The molecular formula is C16H22N2S. The molecule has 102 valence electrons. The maximum atomic E-state index is 6.24. The Hall–Kier alpha value is -1.06. The summed E-state index contributed by atoms with van der Waals surface area (Å²) < 4.78 is 0. The van der Waals surface area contributed by atoms with Gasteiger partial charge in [-0.25, -0.2) is 0 Å². The van der Waals surface area contributed by atoms with E-state index in [0.717, 1.165) is 23.6 Å². The average molecular weight is 274 g/mol. The van der Waals surface area contributed by atoms with Crippen molar-refractivity contribution in [1.82, 2.24) is 4.98 Å². The van der Waals surface area contributed by atoms with Gasteiger partial charge >= 0.3 is 0 Å². The molecule has 19 heavy (non-hydrogen) atoms. The summed E-state index contributed by atoms with van der Waals surface area (Å²) in [5.41, 5.74) is 8.61. The Kier molecular flexibility index (Phi) is 5.23. The summed E-state index contributed by atoms with van der Waals surface area (Å²) in [6.07, 6.45) is 2.81. The number of fused-ring (bicyclic) bond motifs is 1. The van der Waals surface area contributed by atoms with E-state index >= 15 is 0 Å². The van der Waals surface area contributed by atoms with Gasteiger partial charge in [0.25, 0.3) is 0 Å². The van der Waals surface area contributed by atoms with Crippen LogP contribution in [0, 0.1) is 5.92 Å². The van der Waals surface area contributed by atoms with Gasteiger partial charge in [-0.15, -0.1) is 0 Å². The van der Waals surface area contributed by atoms with Crippen LogP contribution in [0.2, 0.25) is 0 Å². The first kappa shape index (κ1) is 14.4. The Bertz CT molecular complexity index is 520. The van der Waals surface area contributed by atoms with Crippen molar-refractivity contribution in [3.05, 3.63) is 42.1 Å². The lowest BCUT2D eigenvalue weighted by Crippen LogP contribution is -2.26. The van der Waals surface area contributed by atoms with E-state index in [4.69, 9.17) is 5.73 Å². The van der Waals surface area contributed by atoms with Crippen LogP contribution in [0.5, 0.6) is 0 Å². The van der Waals surface area contributed by atoms with E-state index in [1.807, 2.05) is 24.0 Å². The van der Waals surface area contributed by atoms with E-state index in [1.54, 1.807) is 0 Å². The molecule has 2 N–H and O–H groups in total. The molecule has 0 aliphatic carbocycles. The van der Waals surface area contributed by atoms with Gasteiger partial charge in [0.05, 0.1) is 5.52 Å². The molecule has 1 aromatic carbocycles. The van der Waals surface area contributed by atoms with Crippen LogP contribution in [-0.2, 0) is 6.42 Å². The monoisotopic (exact) mass is 274 g/mol. The number of thioether (sulfide) groups is 1. The fourth-order valence-electron chi connectivity index (χ4n) is 2.13. The molecule has 1 aromatic heterocycles. The number of nitrogens with two attached hydrogens (primary N) is 1. The first-order valence-electron chi connectivity index (χ1n) is 6.82. The van der Waals surface area contributed by atoms with Gasteiger partial charge in [0.15, 0.2) is 0 Å². The molecule has 1 unspecified atom stereocenters. The average Bonchev–Trinajstić information content (AvgIpc) is 2.39. The number of rotatable bonds is 6. The molecule has 0 saturated heterocycles. The SMILES string of the molecule is CC(C)CSCC(N)Cc1ccnc2ccccc12. The van der Waals surface area contributed by atoms with Crippen molar-refractivity contribution < 1.29 is 0 Å². The Labute approximate surface area is 119 Å². The summed E-state index contributed by atoms with van der Waals surface area (Å²) >= 11 is 1.95. The van der Waals surface area contributed by atoms with E-state index in [0.29, 0.717) is 0 Å². The molecular weight excluding hydrogens is 252 g/mol. The number of pyridine rings is 1. The van der Waals surface area contributed by atoms with Crippen molar-refractivity contribution in [2.75, 3.05) is 11.5 Å². The summed E-state index contributed by atoms with van der Waals surface area (Å²) in [6, 6.07) is 10.6. The number of hydrogen-bond donors (Lipinski definition) is 1. The number of nitrogens with zero attached hydrogens (tertiary/aromatic N) is 1. The predicted molar refractivity (Wildman–Crippen MR) is 85.6 cm³/mol. The molecule has 3 heteroatoms. The normalized spacial score (nSPS) is 13.1. The second-order valence-corrected chi connectivity index (χ2v) is 6.46. The first-order chi connectivity index (χ1) is 9.16. The maximum absolute atomic E-state index is 6.24. The van der Waals surface area contributed by atoms with Crippen LogP contribution < -0.4 is 5.73 Å². The molecule has 2 rings (SSSR count). The minimum Gasteiger partial charge on any atom is -0.327 e. The number of hydrogen-bond acceptors (Lipinski definition) is 3. The van der Waals surface area contributed by atoms with E-state index in [2.05, 4.69) is 43.1 Å². The molecule has 1 heterocycles. The molecule has 2 nitrogen and oxygen atoms in total. The van der Waals surface area contributed by atoms with Gasteiger partial charge in [0.1, 0.15) is 0 Å².